The highest BCUT2D eigenvalue weighted by molar-refractivity contribution is 4.12. The van der Waals surface area contributed by atoms with Gasteiger partial charge in [0.2, 0.25) is 0 Å². The van der Waals surface area contributed by atoms with Gasteiger partial charge in [0.15, 0.2) is 0 Å². The molecule has 38 valence electrons. The van der Waals surface area contributed by atoms with Crippen LogP contribution in [-0.2, 0) is 4.74 Å². The van der Waals surface area contributed by atoms with Crippen LogP contribution in [0.1, 0.15) is 0 Å². The fraction of sp³-hybridized carbons (Fsp3) is 1.00. The van der Waals surface area contributed by atoms with Crippen LogP contribution in [0.3, 0.4) is 0 Å². The molecule has 0 aliphatic rings. The molecule has 0 heterocycles. The fourth-order valence-corrected chi connectivity index (χ4v) is 0.161. The average Bonchev–Trinajstić information content (AvgIpc) is 1.61. The van der Waals surface area contributed by atoms with E-state index in [1.54, 1.807) is 7.05 Å². The molecule has 0 aromatic rings. The van der Waals surface area contributed by atoms with Crippen molar-refractivity contribution in [1.82, 2.24) is 5.32 Å². The van der Waals surface area contributed by atoms with E-state index in [2.05, 4.69) is 10.1 Å². The Morgan fingerprint density at radius 2 is 2.50 bits per heavy atom. The molecule has 0 aliphatic carbocycles. The number of hydrogen-bond acceptors (Lipinski definition) is 3. The van der Waals surface area contributed by atoms with Crippen LogP contribution in [0.15, 0.2) is 0 Å². The first kappa shape index (κ1) is 5.88. The van der Waals surface area contributed by atoms with Crippen molar-refractivity contribution in [3.63, 3.8) is 0 Å². The minimum Gasteiger partial charge on any atom is -0.351 e. The largest absolute Gasteiger partial charge is 0.351 e. The van der Waals surface area contributed by atoms with Gasteiger partial charge in [-0.15, -0.1) is 0 Å². The molecule has 0 bridgehead atoms. The Morgan fingerprint density at radius 3 is 2.67 bits per heavy atom. The van der Waals surface area contributed by atoms with E-state index in [9.17, 15) is 0 Å². The summed E-state index contributed by atoms with van der Waals surface area (Å²) in [5.41, 5.74) is 4.95. The monoisotopic (exact) mass is 90.1 g/mol. The van der Waals surface area contributed by atoms with E-state index in [0.717, 1.165) is 0 Å². The minimum absolute atomic E-state index is 0.292. The number of rotatable bonds is 3. The van der Waals surface area contributed by atoms with Gasteiger partial charge in [0.25, 0.3) is 0 Å². The summed E-state index contributed by atoms with van der Waals surface area (Å²) in [5, 5.41) is 2.77. The number of hydrogen-bond donors (Lipinski definition) is 2. The van der Waals surface area contributed by atoms with Crippen LogP contribution < -0.4 is 11.1 Å². The van der Waals surface area contributed by atoms with Crippen LogP contribution >= 0.6 is 0 Å². The smallest absolute Gasteiger partial charge is 0.0980 e. The predicted octanol–water partition coefficient (Wildman–Crippen LogP) is -0.904. The molecule has 0 aromatic carbocycles. The van der Waals surface area contributed by atoms with Crippen LogP contribution in [0, 0.1) is 0 Å². The molecule has 0 amide bonds. The summed E-state index contributed by atoms with van der Waals surface area (Å²) in [6, 6.07) is 0. The zero-order valence-corrected chi connectivity index (χ0v) is 3.90. The van der Waals surface area contributed by atoms with Gasteiger partial charge in [-0.2, -0.15) is 0 Å². The second kappa shape index (κ2) is 4.88. The molecule has 0 spiro atoms. The SMILES string of the molecule is CNCOCN. The van der Waals surface area contributed by atoms with Gasteiger partial charge in [0, 0.05) is 0 Å². The minimum atomic E-state index is 0.292. The Hall–Kier alpha value is -0.120. The summed E-state index contributed by atoms with van der Waals surface area (Å²) in [6.07, 6.45) is 0. The molecule has 0 unspecified atom stereocenters. The lowest BCUT2D eigenvalue weighted by atomic mass is 11.1. The Labute approximate surface area is 37.5 Å². The Kier molecular flexibility index (Phi) is 4.78. The van der Waals surface area contributed by atoms with Crippen molar-refractivity contribution in [2.45, 2.75) is 0 Å². The summed E-state index contributed by atoms with van der Waals surface area (Å²) in [4.78, 5) is 0. The molecule has 3 nitrogen and oxygen atoms in total. The van der Waals surface area contributed by atoms with Crippen molar-refractivity contribution < 1.29 is 4.74 Å². The van der Waals surface area contributed by atoms with E-state index >= 15 is 0 Å². The number of ether oxygens (including phenoxy) is 1. The standard InChI is InChI=1S/C3H10N2O/c1-5-3-6-2-4/h5H,2-4H2,1H3. The van der Waals surface area contributed by atoms with E-state index in [1.807, 2.05) is 0 Å². The summed E-state index contributed by atoms with van der Waals surface area (Å²) < 4.78 is 4.65. The van der Waals surface area contributed by atoms with Gasteiger partial charge in [0.1, 0.15) is 0 Å². The van der Waals surface area contributed by atoms with Crippen molar-refractivity contribution in [3.8, 4) is 0 Å². The van der Waals surface area contributed by atoms with Crippen LogP contribution in [0.5, 0.6) is 0 Å². The Balaban J connectivity index is 2.34. The first-order valence-corrected chi connectivity index (χ1v) is 1.84. The first-order valence-electron chi connectivity index (χ1n) is 1.84. The summed E-state index contributed by atoms with van der Waals surface area (Å²) >= 11 is 0. The molecule has 0 rings (SSSR count). The van der Waals surface area contributed by atoms with E-state index in [-0.39, 0.29) is 0 Å². The molecule has 0 radical (unpaired) electrons. The number of nitrogens with one attached hydrogen (secondary N) is 1. The average molecular weight is 90.1 g/mol. The molecule has 3 heteroatoms. The molecule has 0 atom stereocenters. The van der Waals surface area contributed by atoms with Gasteiger partial charge in [-0.25, -0.2) is 0 Å². The highest BCUT2D eigenvalue weighted by Gasteiger charge is 1.70. The lowest BCUT2D eigenvalue weighted by Gasteiger charge is -1.93. The van der Waals surface area contributed by atoms with Gasteiger partial charge >= 0.3 is 0 Å². The maximum absolute atomic E-state index is 4.95. The normalized spacial score (nSPS) is 9.00. The third-order valence-corrected chi connectivity index (χ3v) is 0.364. The zero-order chi connectivity index (χ0) is 4.83. The molecular formula is C3H10N2O. The van der Waals surface area contributed by atoms with Crippen molar-refractivity contribution >= 4 is 0 Å². The van der Waals surface area contributed by atoms with E-state index in [1.165, 1.54) is 0 Å². The van der Waals surface area contributed by atoms with Crippen LogP contribution in [0.4, 0.5) is 0 Å². The molecule has 0 fully saturated rings. The number of nitrogens with two attached hydrogens (primary N) is 1. The molecule has 0 saturated heterocycles. The van der Waals surface area contributed by atoms with Crippen LogP contribution in [-0.4, -0.2) is 20.5 Å². The Bertz CT molecular complexity index is 20.8. The highest BCUT2D eigenvalue weighted by Crippen LogP contribution is 1.54. The van der Waals surface area contributed by atoms with Crippen LogP contribution in [0.2, 0.25) is 0 Å². The summed E-state index contributed by atoms with van der Waals surface area (Å²) in [6.45, 7) is 0.831. The van der Waals surface area contributed by atoms with Gasteiger partial charge in [-0.3, -0.25) is 5.32 Å². The third kappa shape index (κ3) is 3.88. The first-order chi connectivity index (χ1) is 2.91. The van der Waals surface area contributed by atoms with Crippen molar-refractivity contribution in [1.29, 1.82) is 0 Å². The predicted molar refractivity (Wildman–Crippen MR) is 24.1 cm³/mol. The Morgan fingerprint density at radius 1 is 1.83 bits per heavy atom. The lowest BCUT2D eigenvalue weighted by molar-refractivity contribution is 0.128. The van der Waals surface area contributed by atoms with Gasteiger partial charge in [0.05, 0.1) is 13.5 Å². The van der Waals surface area contributed by atoms with E-state index in [0.29, 0.717) is 13.5 Å². The summed E-state index contributed by atoms with van der Waals surface area (Å²) in [5.74, 6) is 0. The lowest BCUT2D eigenvalue weighted by Crippen LogP contribution is -2.15. The van der Waals surface area contributed by atoms with Crippen molar-refractivity contribution in [3.05, 3.63) is 0 Å². The van der Waals surface area contributed by atoms with Gasteiger partial charge in [-0.1, -0.05) is 0 Å². The quantitative estimate of drug-likeness (QED) is 0.348. The molecule has 0 saturated carbocycles. The van der Waals surface area contributed by atoms with Crippen molar-refractivity contribution in [2.75, 3.05) is 20.5 Å². The molecular weight excluding hydrogens is 80.0 g/mol. The maximum atomic E-state index is 4.95. The second-order valence-corrected chi connectivity index (χ2v) is 0.869. The van der Waals surface area contributed by atoms with E-state index in [4.69, 9.17) is 5.73 Å². The maximum Gasteiger partial charge on any atom is 0.0980 e. The highest BCUT2D eigenvalue weighted by atomic mass is 16.5. The van der Waals surface area contributed by atoms with Gasteiger partial charge < -0.3 is 10.5 Å². The van der Waals surface area contributed by atoms with Crippen molar-refractivity contribution in [2.24, 2.45) is 5.73 Å². The molecule has 0 aliphatic heterocycles. The second-order valence-electron chi connectivity index (χ2n) is 0.869. The molecule has 3 N–H and O–H groups in total. The van der Waals surface area contributed by atoms with E-state index < -0.39 is 0 Å². The zero-order valence-electron chi connectivity index (χ0n) is 3.90. The third-order valence-electron chi connectivity index (χ3n) is 0.364. The fourth-order valence-electron chi connectivity index (χ4n) is 0.161. The topological polar surface area (TPSA) is 47.3 Å². The molecule has 0 aromatic heterocycles. The summed E-state index contributed by atoms with van der Waals surface area (Å²) in [7, 11) is 1.80. The van der Waals surface area contributed by atoms with Gasteiger partial charge in [-0.05, 0) is 7.05 Å². The molecule has 6 heavy (non-hydrogen) atoms. The van der Waals surface area contributed by atoms with Crippen LogP contribution in [0.25, 0.3) is 0 Å².